The molecule has 1 aliphatic carbocycles. The second-order valence-electron chi connectivity index (χ2n) is 4.63. The van der Waals surface area contributed by atoms with E-state index in [-0.39, 0.29) is 11.4 Å². The van der Waals surface area contributed by atoms with Crippen LogP contribution in [0.3, 0.4) is 0 Å². The summed E-state index contributed by atoms with van der Waals surface area (Å²) in [6.07, 6.45) is 5.53. The van der Waals surface area contributed by atoms with Crippen molar-refractivity contribution >= 4 is 11.0 Å². The standard InChI is InChI=1S/C12H14FN3/c13-8-5-10-9(15-7-8)6-11(16-10)12(14)3-1-2-4-12/h5-7,16H,1-4,14H2. The lowest BCUT2D eigenvalue weighted by molar-refractivity contribution is 0.450. The second kappa shape index (κ2) is 3.28. The summed E-state index contributed by atoms with van der Waals surface area (Å²) >= 11 is 0. The van der Waals surface area contributed by atoms with Gasteiger partial charge in [-0.25, -0.2) is 4.39 Å². The van der Waals surface area contributed by atoms with E-state index in [0.717, 1.165) is 42.4 Å². The Morgan fingerprint density at radius 3 is 2.81 bits per heavy atom. The number of halogens is 1. The van der Waals surface area contributed by atoms with Gasteiger partial charge in [0.25, 0.3) is 0 Å². The van der Waals surface area contributed by atoms with E-state index in [1.54, 1.807) is 0 Å². The summed E-state index contributed by atoms with van der Waals surface area (Å²) in [7, 11) is 0. The molecule has 0 amide bonds. The van der Waals surface area contributed by atoms with Gasteiger partial charge < -0.3 is 10.7 Å². The average Bonchev–Trinajstić information content (AvgIpc) is 2.84. The maximum absolute atomic E-state index is 13.0. The molecule has 0 saturated heterocycles. The Labute approximate surface area is 92.9 Å². The van der Waals surface area contributed by atoms with Crippen LogP contribution in [0.4, 0.5) is 4.39 Å². The summed E-state index contributed by atoms with van der Waals surface area (Å²) in [6, 6.07) is 3.41. The van der Waals surface area contributed by atoms with Gasteiger partial charge in [0.1, 0.15) is 5.82 Å². The highest BCUT2D eigenvalue weighted by Crippen LogP contribution is 2.36. The van der Waals surface area contributed by atoms with Crippen LogP contribution in [0.2, 0.25) is 0 Å². The SMILES string of the molecule is NC1(c2cc3ncc(F)cc3[nH]2)CCCC1. The molecule has 0 spiro atoms. The number of aromatic nitrogens is 2. The van der Waals surface area contributed by atoms with Gasteiger partial charge in [-0.2, -0.15) is 0 Å². The summed E-state index contributed by atoms with van der Waals surface area (Å²) < 4.78 is 13.0. The third kappa shape index (κ3) is 1.41. The molecule has 2 aromatic heterocycles. The maximum Gasteiger partial charge on any atom is 0.143 e. The Morgan fingerprint density at radius 2 is 2.06 bits per heavy atom. The van der Waals surface area contributed by atoms with Crippen LogP contribution in [0, 0.1) is 5.82 Å². The zero-order valence-electron chi connectivity index (χ0n) is 8.96. The fourth-order valence-electron chi connectivity index (χ4n) is 2.53. The van der Waals surface area contributed by atoms with Gasteiger partial charge in [-0.3, -0.25) is 4.98 Å². The van der Waals surface area contributed by atoms with Gasteiger partial charge in [-0.1, -0.05) is 12.8 Å². The highest BCUT2D eigenvalue weighted by Gasteiger charge is 2.32. The number of fused-ring (bicyclic) bond motifs is 1. The zero-order chi connectivity index (χ0) is 11.2. The molecule has 3 rings (SSSR count). The minimum Gasteiger partial charge on any atom is -0.355 e. The van der Waals surface area contributed by atoms with E-state index in [2.05, 4.69) is 9.97 Å². The van der Waals surface area contributed by atoms with E-state index in [4.69, 9.17) is 5.73 Å². The first-order valence-electron chi connectivity index (χ1n) is 5.61. The molecule has 1 fully saturated rings. The Morgan fingerprint density at radius 1 is 1.31 bits per heavy atom. The average molecular weight is 219 g/mol. The molecule has 2 aromatic rings. The van der Waals surface area contributed by atoms with Gasteiger partial charge in [0, 0.05) is 11.8 Å². The van der Waals surface area contributed by atoms with E-state index >= 15 is 0 Å². The van der Waals surface area contributed by atoms with Crippen LogP contribution >= 0.6 is 0 Å². The van der Waals surface area contributed by atoms with Crippen molar-refractivity contribution < 1.29 is 4.39 Å². The van der Waals surface area contributed by atoms with Crippen molar-refractivity contribution in [3.05, 3.63) is 29.8 Å². The molecule has 0 unspecified atom stereocenters. The Bertz CT molecular complexity index is 526. The molecule has 2 heterocycles. The lowest BCUT2D eigenvalue weighted by atomic mass is 9.95. The summed E-state index contributed by atoms with van der Waals surface area (Å²) in [5.41, 5.74) is 8.56. The van der Waals surface area contributed by atoms with Crippen molar-refractivity contribution in [1.82, 2.24) is 9.97 Å². The van der Waals surface area contributed by atoms with Crippen LogP contribution in [0.25, 0.3) is 11.0 Å². The Balaban J connectivity index is 2.11. The van der Waals surface area contributed by atoms with Gasteiger partial charge >= 0.3 is 0 Å². The highest BCUT2D eigenvalue weighted by molar-refractivity contribution is 5.76. The predicted octanol–water partition coefficient (Wildman–Crippen LogP) is 2.43. The number of H-pyrrole nitrogens is 1. The van der Waals surface area contributed by atoms with Crippen molar-refractivity contribution in [2.24, 2.45) is 5.73 Å². The molecule has 84 valence electrons. The van der Waals surface area contributed by atoms with Crippen LogP contribution in [-0.4, -0.2) is 9.97 Å². The number of nitrogens with two attached hydrogens (primary N) is 1. The van der Waals surface area contributed by atoms with Gasteiger partial charge in [0.05, 0.1) is 22.8 Å². The van der Waals surface area contributed by atoms with E-state index in [0.29, 0.717) is 0 Å². The highest BCUT2D eigenvalue weighted by atomic mass is 19.1. The first-order valence-corrected chi connectivity index (χ1v) is 5.61. The van der Waals surface area contributed by atoms with Crippen molar-refractivity contribution in [2.45, 2.75) is 31.2 Å². The van der Waals surface area contributed by atoms with Gasteiger partial charge in [0.15, 0.2) is 0 Å². The Hall–Kier alpha value is -1.42. The fraction of sp³-hybridized carbons (Fsp3) is 0.417. The monoisotopic (exact) mass is 219 g/mol. The lowest BCUT2D eigenvalue weighted by Crippen LogP contribution is -2.33. The molecule has 1 saturated carbocycles. The number of hydrogen-bond donors (Lipinski definition) is 2. The molecule has 4 heteroatoms. The fourth-order valence-corrected chi connectivity index (χ4v) is 2.53. The molecular weight excluding hydrogens is 205 g/mol. The molecule has 3 N–H and O–H groups in total. The first kappa shape index (κ1) is 9.78. The Kier molecular flexibility index (Phi) is 2.01. The number of nitrogens with zero attached hydrogens (tertiary/aromatic N) is 1. The largest absolute Gasteiger partial charge is 0.355 e. The molecule has 0 atom stereocenters. The van der Waals surface area contributed by atoms with E-state index in [9.17, 15) is 4.39 Å². The molecule has 1 aliphatic rings. The molecule has 0 aliphatic heterocycles. The third-order valence-electron chi connectivity index (χ3n) is 3.47. The van der Waals surface area contributed by atoms with E-state index < -0.39 is 0 Å². The zero-order valence-corrected chi connectivity index (χ0v) is 8.96. The predicted molar refractivity (Wildman–Crippen MR) is 60.4 cm³/mol. The van der Waals surface area contributed by atoms with E-state index in [1.165, 1.54) is 12.3 Å². The maximum atomic E-state index is 13.0. The molecule has 0 radical (unpaired) electrons. The summed E-state index contributed by atoms with van der Waals surface area (Å²) in [5.74, 6) is -0.321. The minimum absolute atomic E-state index is 0.267. The number of hydrogen-bond acceptors (Lipinski definition) is 2. The molecule has 16 heavy (non-hydrogen) atoms. The van der Waals surface area contributed by atoms with Crippen molar-refractivity contribution in [2.75, 3.05) is 0 Å². The number of rotatable bonds is 1. The van der Waals surface area contributed by atoms with Crippen LogP contribution in [0.15, 0.2) is 18.3 Å². The first-order chi connectivity index (χ1) is 7.67. The van der Waals surface area contributed by atoms with Crippen LogP contribution in [0.1, 0.15) is 31.4 Å². The summed E-state index contributed by atoms with van der Waals surface area (Å²) in [4.78, 5) is 7.23. The summed E-state index contributed by atoms with van der Waals surface area (Å²) in [5, 5.41) is 0. The molecule has 3 nitrogen and oxygen atoms in total. The van der Waals surface area contributed by atoms with Crippen molar-refractivity contribution in [1.29, 1.82) is 0 Å². The third-order valence-corrected chi connectivity index (χ3v) is 3.47. The normalized spacial score (nSPS) is 19.4. The molecular formula is C12H14FN3. The second-order valence-corrected chi connectivity index (χ2v) is 4.63. The number of pyridine rings is 1. The molecule has 0 bridgehead atoms. The van der Waals surface area contributed by atoms with Gasteiger partial charge in [-0.05, 0) is 18.9 Å². The molecule has 0 aromatic carbocycles. The number of nitrogens with one attached hydrogen (secondary N) is 1. The van der Waals surface area contributed by atoms with Gasteiger partial charge in [-0.15, -0.1) is 0 Å². The van der Waals surface area contributed by atoms with Crippen molar-refractivity contribution in [3.8, 4) is 0 Å². The van der Waals surface area contributed by atoms with Crippen LogP contribution in [-0.2, 0) is 5.54 Å². The number of aromatic amines is 1. The quantitative estimate of drug-likeness (QED) is 0.774. The summed E-state index contributed by atoms with van der Waals surface area (Å²) in [6.45, 7) is 0. The lowest BCUT2D eigenvalue weighted by Gasteiger charge is -2.21. The minimum atomic E-state index is -0.321. The smallest absolute Gasteiger partial charge is 0.143 e. The van der Waals surface area contributed by atoms with Gasteiger partial charge in [0.2, 0.25) is 0 Å². The topological polar surface area (TPSA) is 54.7 Å². The van der Waals surface area contributed by atoms with Crippen LogP contribution in [0.5, 0.6) is 0 Å². The van der Waals surface area contributed by atoms with Crippen molar-refractivity contribution in [3.63, 3.8) is 0 Å². The van der Waals surface area contributed by atoms with E-state index in [1.807, 2.05) is 6.07 Å². The van der Waals surface area contributed by atoms with Crippen LogP contribution < -0.4 is 5.73 Å².